The van der Waals surface area contributed by atoms with E-state index in [1.54, 1.807) is 54.7 Å². The maximum Gasteiger partial charge on any atom is 0.343 e. The van der Waals surface area contributed by atoms with Gasteiger partial charge in [0.05, 0.1) is 11.8 Å². The van der Waals surface area contributed by atoms with Crippen molar-refractivity contribution in [2.24, 2.45) is 5.10 Å². The highest BCUT2D eigenvalue weighted by atomic mass is 35.5. The highest BCUT2D eigenvalue weighted by Gasteiger charge is 2.08. The Labute approximate surface area is 177 Å². The van der Waals surface area contributed by atoms with Gasteiger partial charge in [-0.05, 0) is 54.4 Å². The molecule has 154 valence electrons. The number of carbonyl (C=O) groups excluding carboxylic acids is 2. The Balaban J connectivity index is 1.72. The fourth-order valence-electron chi connectivity index (χ4n) is 2.70. The van der Waals surface area contributed by atoms with E-state index in [1.165, 1.54) is 25.7 Å². The molecular weight excluding hydrogens is 388 g/mol. The fourth-order valence-corrected chi connectivity index (χ4v) is 2.89. The minimum Gasteiger partial charge on any atom is -0.423 e. The molecule has 0 saturated carbocycles. The average molecular weight is 415 g/mol. The number of nitrogens with one attached hydrogen (secondary N) is 1. The van der Waals surface area contributed by atoms with Crippen molar-refractivity contribution < 1.29 is 14.3 Å². The van der Waals surface area contributed by atoms with Gasteiger partial charge in [-0.3, -0.25) is 4.79 Å². The predicted octanol–water partition coefficient (Wildman–Crippen LogP) is 5.76. The Morgan fingerprint density at radius 2 is 1.76 bits per heavy atom. The van der Waals surface area contributed by atoms with Crippen molar-refractivity contribution in [3.63, 3.8) is 0 Å². The lowest BCUT2D eigenvalue weighted by Gasteiger charge is -2.05. The van der Waals surface area contributed by atoms with Crippen molar-refractivity contribution in [1.29, 1.82) is 0 Å². The lowest BCUT2D eigenvalue weighted by Crippen LogP contribution is -2.16. The smallest absolute Gasteiger partial charge is 0.343 e. The van der Waals surface area contributed by atoms with Crippen LogP contribution in [-0.4, -0.2) is 18.1 Å². The van der Waals surface area contributed by atoms with Gasteiger partial charge in [-0.1, -0.05) is 56.7 Å². The summed E-state index contributed by atoms with van der Waals surface area (Å²) >= 11 is 5.88. The van der Waals surface area contributed by atoms with Crippen molar-refractivity contribution in [2.75, 3.05) is 0 Å². The Morgan fingerprint density at radius 3 is 2.48 bits per heavy atom. The van der Waals surface area contributed by atoms with Gasteiger partial charge in [0.15, 0.2) is 0 Å². The van der Waals surface area contributed by atoms with Gasteiger partial charge < -0.3 is 4.74 Å². The van der Waals surface area contributed by atoms with E-state index in [2.05, 4.69) is 17.5 Å². The van der Waals surface area contributed by atoms with Crippen LogP contribution >= 0.6 is 11.6 Å². The number of hydrogen-bond acceptors (Lipinski definition) is 4. The standard InChI is InChI=1S/C23H27ClN2O3/c1-2-3-4-5-6-7-11-22(27)26-25-17-18-12-14-21(15-13-18)29-23(28)19-9-8-10-20(24)16-19/h8-10,12-17H,2-7,11H2,1H3,(H,26,27)/b25-17+. The maximum absolute atomic E-state index is 12.1. The van der Waals surface area contributed by atoms with Crippen LogP contribution in [-0.2, 0) is 4.79 Å². The zero-order valence-electron chi connectivity index (χ0n) is 16.7. The monoisotopic (exact) mass is 414 g/mol. The van der Waals surface area contributed by atoms with E-state index in [0.717, 1.165) is 18.4 Å². The molecular formula is C23H27ClN2O3. The van der Waals surface area contributed by atoms with E-state index < -0.39 is 5.97 Å². The number of carbonyl (C=O) groups is 2. The van der Waals surface area contributed by atoms with Crippen molar-refractivity contribution in [1.82, 2.24) is 5.43 Å². The number of hydrazone groups is 1. The molecule has 0 aliphatic rings. The molecule has 0 aromatic heterocycles. The molecule has 5 nitrogen and oxygen atoms in total. The van der Waals surface area contributed by atoms with Crippen LogP contribution in [0.2, 0.25) is 5.02 Å². The van der Waals surface area contributed by atoms with Crippen LogP contribution in [0.25, 0.3) is 0 Å². The van der Waals surface area contributed by atoms with Gasteiger partial charge in [0.2, 0.25) is 5.91 Å². The van der Waals surface area contributed by atoms with Crippen LogP contribution in [0.3, 0.4) is 0 Å². The molecule has 2 rings (SSSR count). The van der Waals surface area contributed by atoms with Crippen LogP contribution in [0.15, 0.2) is 53.6 Å². The molecule has 0 bridgehead atoms. The summed E-state index contributed by atoms with van der Waals surface area (Å²) in [5, 5.41) is 4.45. The number of hydrogen-bond donors (Lipinski definition) is 1. The van der Waals surface area contributed by atoms with Crippen LogP contribution in [0.1, 0.15) is 67.8 Å². The summed E-state index contributed by atoms with van der Waals surface area (Å²) in [5.41, 5.74) is 3.71. The zero-order valence-corrected chi connectivity index (χ0v) is 17.5. The van der Waals surface area contributed by atoms with Crippen LogP contribution < -0.4 is 10.2 Å². The third-order valence-corrected chi connectivity index (χ3v) is 4.55. The zero-order chi connectivity index (χ0) is 20.9. The minimum atomic E-state index is -0.476. The first-order valence-electron chi connectivity index (χ1n) is 9.98. The van der Waals surface area contributed by atoms with Crippen LogP contribution in [0.4, 0.5) is 0 Å². The van der Waals surface area contributed by atoms with E-state index in [-0.39, 0.29) is 5.91 Å². The number of ether oxygens (including phenoxy) is 1. The largest absolute Gasteiger partial charge is 0.423 e. The summed E-state index contributed by atoms with van der Waals surface area (Å²) in [6, 6.07) is 13.4. The molecule has 0 atom stereocenters. The van der Waals surface area contributed by atoms with E-state index in [9.17, 15) is 9.59 Å². The molecule has 2 aromatic rings. The van der Waals surface area contributed by atoms with Gasteiger partial charge in [0, 0.05) is 11.4 Å². The average Bonchev–Trinajstić information content (AvgIpc) is 2.72. The normalized spacial score (nSPS) is 10.8. The van der Waals surface area contributed by atoms with Crippen molar-refractivity contribution in [2.45, 2.75) is 51.9 Å². The molecule has 2 aromatic carbocycles. The lowest BCUT2D eigenvalue weighted by atomic mass is 10.1. The van der Waals surface area contributed by atoms with Crippen molar-refractivity contribution in [3.05, 3.63) is 64.7 Å². The summed E-state index contributed by atoms with van der Waals surface area (Å²) in [4.78, 5) is 23.9. The van der Waals surface area contributed by atoms with Gasteiger partial charge >= 0.3 is 5.97 Å². The van der Waals surface area contributed by atoms with E-state index >= 15 is 0 Å². The Kier molecular flexibility index (Phi) is 9.93. The first kappa shape index (κ1) is 22.6. The SMILES string of the molecule is CCCCCCCCC(=O)N/N=C/c1ccc(OC(=O)c2cccc(Cl)c2)cc1. The van der Waals surface area contributed by atoms with Crippen molar-refractivity contribution in [3.8, 4) is 5.75 Å². The summed E-state index contributed by atoms with van der Waals surface area (Å²) in [5.74, 6) is -0.140. The number of halogens is 1. The molecule has 29 heavy (non-hydrogen) atoms. The van der Waals surface area contributed by atoms with Crippen LogP contribution in [0.5, 0.6) is 5.75 Å². The molecule has 0 heterocycles. The summed E-state index contributed by atoms with van der Waals surface area (Å²) in [7, 11) is 0. The molecule has 1 N–H and O–H groups in total. The number of benzene rings is 2. The molecule has 0 aliphatic carbocycles. The van der Waals surface area contributed by atoms with Gasteiger partial charge in [0.1, 0.15) is 5.75 Å². The first-order valence-corrected chi connectivity index (χ1v) is 10.4. The second-order valence-electron chi connectivity index (χ2n) is 6.78. The Morgan fingerprint density at radius 1 is 1.03 bits per heavy atom. The second-order valence-corrected chi connectivity index (χ2v) is 7.22. The summed E-state index contributed by atoms with van der Waals surface area (Å²) in [6.07, 6.45) is 8.91. The van der Waals surface area contributed by atoms with E-state index in [4.69, 9.17) is 16.3 Å². The molecule has 0 unspecified atom stereocenters. The summed E-state index contributed by atoms with van der Waals surface area (Å²) < 4.78 is 5.32. The predicted molar refractivity (Wildman–Crippen MR) is 117 cm³/mol. The van der Waals surface area contributed by atoms with Gasteiger partial charge in [0.25, 0.3) is 0 Å². The third kappa shape index (κ3) is 8.92. The number of esters is 1. The first-order chi connectivity index (χ1) is 14.1. The topological polar surface area (TPSA) is 67.8 Å². The minimum absolute atomic E-state index is 0.0798. The van der Waals surface area contributed by atoms with Crippen LogP contribution in [0, 0.1) is 0 Å². The molecule has 0 spiro atoms. The van der Waals surface area contributed by atoms with E-state index in [0.29, 0.717) is 22.8 Å². The highest BCUT2D eigenvalue weighted by Crippen LogP contribution is 2.16. The molecule has 1 amide bonds. The quantitative estimate of drug-likeness (QED) is 0.167. The summed E-state index contributed by atoms with van der Waals surface area (Å²) in [6.45, 7) is 2.19. The molecule has 0 aliphatic heterocycles. The molecule has 6 heteroatoms. The Bertz CT molecular complexity index is 819. The third-order valence-electron chi connectivity index (χ3n) is 4.31. The second kappa shape index (κ2) is 12.7. The van der Waals surface area contributed by atoms with Gasteiger partial charge in [-0.15, -0.1) is 0 Å². The number of unbranched alkanes of at least 4 members (excludes halogenated alkanes) is 5. The molecule has 0 saturated heterocycles. The van der Waals surface area contributed by atoms with Crippen molar-refractivity contribution >= 4 is 29.7 Å². The van der Waals surface area contributed by atoms with E-state index in [1.807, 2.05) is 0 Å². The maximum atomic E-state index is 12.1. The molecule has 0 radical (unpaired) electrons. The number of rotatable bonds is 11. The van der Waals surface area contributed by atoms with Gasteiger partial charge in [-0.25, -0.2) is 10.2 Å². The Hall–Kier alpha value is -2.66. The number of amides is 1. The fraction of sp³-hybridized carbons (Fsp3) is 0.348. The molecule has 0 fully saturated rings. The highest BCUT2D eigenvalue weighted by molar-refractivity contribution is 6.30. The van der Waals surface area contributed by atoms with Gasteiger partial charge in [-0.2, -0.15) is 5.10 Å². The number of nitrogens with zero attached hydrogens (tertiary/aromatic N) is 1. The lowest BCUT2D eigenvalue weighted by molar-refractivity contribution is -0.121.